The van der Waals surface area contributed by atoms with E-state index in [-0.39, 0.29) is 12.0 Å². The van der Waals surface area contributed by atoms with Crippen LogP contribution in [0.5, 0.6) is 5.75 Å². The van der Waals surface area contributed by atoms with Crippen LogP contribution >= 0.6 is 11.8 Å². The zero-order valence-electron chi connectivity index (χ0n) is 13.3. The lowest BCUT2D eigenvalue weighted by Gasteiger charge is -2.17. The number of amides is 1. The van der Waals surface area contributed by atoms with Gasteiger partial charge in [0.1, 0.15) is 5.75 Å². The number of carbonyl (C=O) groups is 1. The Morgan fingerprint density at radius 1 is 1.36 bits per heavy atom. The lowest BCUT2D eigenvalue weighted by Crippen LogP contribution is -2.30. The second-order valence-corrected chi connectivity index (χ2v) is 6.81. The van der Waals surface area contributed by atoms with Crippen LogP contribution in [0.15, 0.2) is 24.3 Å². The van der Waals surface area contributed by atoms with Crippen LogP contribution in [-0.2, 0) is 9.53 Å². The Bertz CT molecular complexity index is 475. The molecule has 1 saturated carbocycles. The fourth-order valence-electron chi connectivity index (χ4n) is 2.69. The van der Waals surface area contributed by atoms with Gasteiger partial charge in [-0.2, -0.15) is 0 Å². The van der Waals surface area contributed by atoms with Gasteiger partial charge in [-0.1, -0.05) is 25.0 Å². The molecular formula is C17H25NO3S. The molecule has 0 spiro atoms. The van der Waals surface area contributed by atoms with Crippen molar-refractivity contribution in [3.05, 3.63) is 29.8 Å². The van der Waals surface area contributed by atoms with Gasteiger partial charge in [0.2, 0.25) is 5.91 Å². The van der Waals surface area contributed by atoms with Gasteiger partial charge in [-0.05, 0) is 30.5 Å². The van der Waals surface area contributed by atoms with E-state index in [0.29, 0.717) is 17.5 Å². The highest BCUT2D eigenvalue weighted by Gasteiger charge is 2.17. The lowest BCUT2D eigenvalue weighted by atomic mass is 10.1. The van der Waals surface area contributed by atoms with Gasteiger partial charge in [0.15, 0.2) is 0 Å². The third-order valence-corrected chi connectivity index (χ3v) is 5.36. The number of ether oxygens (including phenoxy) is 2. The minimum absolute atomic E-state index is 0.0850. The maximum Gasteiger partial charge on any atom is 0.230 e. The summed E-state index contributed by atoms with van der Waals surface area (Å²) in [5, 5.41) is 3.64. The molecule has 0 saturated heterocycles. The van der Waals surface area contributed by atoms with Crippen LogP contribution < -0.4 is 10.1 Å². The van der Waals surface area contributed by atoms with E-state index in [1.807, 2.05) is 24.3 Å². The summed E-state index contributed by atoms with van der Waals surface area (Å²) in [6, 6.07) is 7.74. The van der Waals surface area contributed by atoms with Crippen molar-refractivity contribution in [3.8, 4) is 5.75 Å². The average Bonchev–Trinajstić information content (AvgIpc) is 3.07. The van der Waals surface area contributed by atoms with Crippen LogP contribution in [0, 0.1) is 0 Å². The summed E-state index contributed by atoms with van der Waals surface area (Å²) in [6.45, 7) is 0.480. The molecule has 1 aliphatic carbocycles. The fraction of sp³-hybridized carbons (Fsp3) is 0.588. The average molecular weight is 323 g/mol. The number of thioether (sulfide) groups is 1. The van der Waals surface area contributed by atoms with Crippen molar-refractivity contribution in [2.24, 2.45) is 0 Å². The highest BCUT2D eigenvalue weighted by atomic mass is 32.2. The van der Waals surface area contributed by atoms with Gasteiger partial charge in [0.25, 0.3) is 0 Å². The number of methoxy groups -OCH3 is 2. The van der Waals surface area contributed by atoms with E-state index in [1.165, 1.54) is 25.7 Å². The number of rotatable bonds is 8. The van der Waals surface area contributed by atoms with Crippen LogP contribution in [0.3, 0.4) is 0 Å². The number of benzene rings is 1. The molecule has 0 unspecified atom stereocenters. The summed E-state index contributed by atoms with van der Waals surface area (Å²) in [4.78, 5) is 12.0. The number of nitrogens with one attached hydrogen (secondary N) is 1. The molecule has 1 fully saturated rings. The van der Waals surface area contributed by atoms with Crippen molar-refractivity contribution in [3.63, 3.8) is 0 Å². The first-order chi connectivity index (χ1) is 10.7. The number of hydrogen-bond donors (Lipinski definition) is 1. The molecule has 22 heavy (non-hydrogen) atoms. The van der Waals surface area contributed by atoms with Crippen LogP contribution in [0.25, 0.3) is 0 Å². The van der Waals surface area contributed by atoms with Crippen molar-refractivity contribution in [1.29, 1.82) is 0 Å². The van der Waals surface area contributed by atoms with Crippen LogP contribution in [0.1, 0.15) is 37.4 Å². The van der Waals surface area contributed by atoms with Gasteiger partial charge in [-0.25, -0.2) is 0 Å². The van der Waals surface area contributed by atoms with Gasteiger partial charge in [0.05, 0.1) is 19.0 Å². The van der Waals surface area contributed by atoms with Gasteiger partial charge >= 0.3 is 0 Å². The van der Waals surface area contributed by atoms with Gasteiger partial charge in [-0.15, -0.1) is 11.8 Å². The Balaban J connectivity index is 1.78. The summed E-state index contributed by atoms with van der Waals surface area (Å²) in [6.07, 6.45) is 4.96. The zero-order valence-corrected chi connectivity index (χ0v) is 14.2. The quantitative estimate of drug-likeness (QED) is 0.798. The predicted octanol–water partition coefficient (Wildman–Crippen LogP) is 3.17. The molecule has 0 bridgehead atoms. The predicted molar refractivity (Wildman–Crippen MR) is 90.5 cm³/mol. The lowest BCUT2D eigenvalue weighted by molar-refractivity contribution is -0.119. The summed E-state index contributed by atoms with van der Waals surface area (Å²) < 4.78 is 10.7. The molecule has 1 atom stereocenters. The van der Waals surface area contributed by atoms with Crippen molar-refractivity contribution < 1.29 is 14.3 Å². The summed E-state index contributed by atoms with van der Waals surface area (Å²) in [5.41, 5.74) is 1.01. The van der Waals surface area contributed by atoms with Crippen LogP contribution in [0.4, 0.5) is 0 Å². The summed E-state index contributed by atoms with van der Waals surface area (Å²) in [7, 11) is 3.30. The minimum Gasteiger partial charge on any atom is -0.497 e. The van der Waals surface area contributed by atoms with Gasteiger partial charge < -0.3 is 14.8 Å². The maximum atomic E-state index is 12.0. The highest BCUT2D eigenvalue weighted by Crippen LogP contribution is 2.29. The van der Waals surface area contributed by atoms with E-state index in [1.54, 1.807) is 26.0 Å². The molecule has 0 aliphatic heterocycles. The standard InChI is InChI=1S/C17H25NO3S/c1-20-14-7-5-6-13(10-14)16(21-2)11-18-17(19)12-22-15-8-3-4-9-15/h5-7,10,15-16H,3-4,8-9,11-12H2,1-2H3,(H,18,19)/t16-/m1/s1. The maximum absolute atomic E-state index is 12.0. The largest absolute Gasteiger partial charge is 0.497 e. The molecule has 5 heteroatoms. The summed E-state index contributed by atoms with van der Waals surface area (Å²) >= 11 is 1.78. The van der Waals surface area contributed by atoms with Gasteiger partial charge in [0, 0.05) is 18.9 Å². The van der Waals surface area contributed by atoms with Gasteiger partial charge in [-0.3, -0.25) is 4.79 Å². The molecular weight excluding hydrogens is 298 g/mol. The van der Waals surface area contributed by atoms with E-state index in [0.717, 1.165) is 11.3 Å². The molecule has 1 N–H and O–H groups in total. The van der Waals surface area contributed by atoms with E-state index in [4.69, 9.17) is 9.47 Å². The van der Waals surface area contributed by atoms with E-state index in [9.17, 15) is 4.79 Å². The molecule has 122 valence electrons. The molecule has 0 radical (unpaired) electrons. The molecule has 1 aliphatic rings. The van der Waals surface area contributed by atoms with Crippen LogP contribution in [-0.4, -0.2) is 37.7 Å². The second-order valence-electron chi connectivity index (χ2n) is 5.52. The summed E-state index contributed by atoms with van der Waals surface area (Å²) in [5.74, 6) is 1.42. The number of carbonyl (C=O) groups excluding carboxylic acids is 1. The number of hydrogen-bond acceptors (Lipinski definition) is 4. The van der Waals surface area contributed by atoms with E-state index >= 15 is 0 Å². The monoisotopic (exact) mass is 323 g/mol. The first-order valence-corrected chi connectivity index (χ1v) is 8.83. The molecule has 1 amide bonds. The molecule has 2 rings (SSSR count). The molecule has 4 nitrogen and oxygen atoms in total. The second kappa shape index (κ2) is 9.06. The molecule has 1 aromatic carbocycles. The SMILES string of the molecule is COc1cccc([C@@H](CNC(=O)CSC2CCCC2)OC)c1. The van der Waals surface area contributed by atoms with Crippen molar-refractivity contribution >= 4 is 17.7 Å². The molecule has 0 aromatic heterocycles. The topological polar surface area (TPSA) is 47.6 Å². The normalized spacial score (nSPS) is 16.5. The fourth-order valence-corrected chi connectivity index (χ4v) is 3.84. The highest BCUT2D eigenvalue weighted by molar-refractivity contribution is 8.00. The smallest absolute Gasteiger partial charge is 0.230 e. The first-order valence-electron chi connectivity index (χ1n) is 7.78. The van der Waals surface area contributed by atoms with Crippen molar-refractivity contribution in [2.75, 3.05) is 26.5 Å². The third kappa shape index (κ3) is 5.21. The van der Waals surface area contributed by atoms with Crippen molar-refractivity contribution in [2.45, 2.75) is 37.0 Å². The van der Waals surface area contributed by atoms with E-state index < -0.39 is 0 Å². The Labute approximate surface area is 137 Å². The zero-order chi connectivity index (χ0) is 15.8. The Morgan fingerprint density at radius 3 is 2.82 bits per heavy atom. The minimum atomic E-state index is -0.157. The molecule has 1 aromatic rings. The molecule has 0 heterocycles. The van der Waals surface area contributed by atoms with Crippen molar-refractivity contribution in [1.82, 2.24) is 5.32 Å². The Hall–Kier alpha value is -1.20. The van der Waals surface area contributed by atoms with Crippen LogP contribution in [0.2, 0.25) is 0 Å². The Morgan fingerprint density at radius 2 is 2.14 bits per heavy atom. The van der Waals surface area contributed by atoms with E-state index in [2.05, 4.69) is 5.32 Å². The Kier molecular flexibility index (Phi) is 7.06. The first kappa shape index (κ1) is 17.2. The third-order valence-electron chi connectivity index (χ3n) is 3.99.